The van der Waals surface area contributed by atoms with E-state index in [0.29, 0.717) is 27.9 Å². The molecule has 0 radical (unpaired) electrons. The zero-order valence-corrected chi connectivity index (χ0v) is 12.9. The summed E-state index contributed by atoms with van der Waals surface area (Å²) in [5, 5.41) is 4.78. The summed E-state index contributed by atoms with van der Waals surface area (Å²) in [6, 6.07) is 11.1. The summed E-state index contributed by atoms with van der Waals surface area (Å²) in [6.07, 6.45) is 1.49. The van der Waals surface area contributed by atoms with Gasteiger partial charge in [0.25, 0.3) is 0 Å². The lowest BCUT2D eigenvalue weighted by Crippen LogP contribution is -1.98. The smallest absolute Gasteiger partial charge is 0.187 e. The van der Waals surface area contributed by atoms with Crippen molar-refractivity contribution in [3.8, 4) is 11.5 Å². The predicted octanol–water partition coefficient (Wildman–Crippen LogP) is 4.04. The number of nitrogens with zero attached hydrogens (tertiary/aromatic N) is 2. The standard InChI is InChI=1S/C16H14ClN3O2/c1-21-13-8-7-12-14(15(13)22-2)18-9-19-16(12)20-11-5-3-10(17)4-6-11/h3-9H,1-2H3,(H,18,19,20). The summed E-state index contributed by atoms with van der Waals surface area (Å²) in [7, 11) is 3.18. The molecule has 0 bridgehead atoms. The van der Waals surface area contributed by atoms with Crippen molar-refractivity contribution in [3.05, 3.63) is 47.7 Å². The Balaban J connectivity index is 2.09. The molecule has 0 aliphatic rings. The van der Waals surface area contributed by atoms with Crippen LogP contribution in [0.2, 0.25) is 5.02 Å². The number of aromatic nitrogens is 2. The van der Waals surface area contributed by atoms with E-state index in [1.165, 1.54) is 6.33 Å². The van der Waals surface area contributed by atoms with Crippen molar-refractivity contribution < 1.29 is 9.47 Å². The number of fused-ring (bicyclic) bond motifs is 1. The molecule has 0 aliphatic heterocycles. The van der Waals surface area contributed by atoms with Crippen molar-refractivity contribution >= 4 is 34.0 Å². The number of rotatable bonds is 4. The maximum atomic E-state index is 5.90. The van der Waals surface area contributed by atoms with Gasteiger partial charge >= 0.3 is 0 Å². The first kappa shape index (κ1) is 14.4. The Hall–Kier alpha value is -2.53. The van der Waals surface area contributed by atoms with Crippen molar-refractivity contribution in [2.75, 3.05) is 19.5 Å². The van der Waals surface area contributed by atoms with Crippen molar-refractivity contribution in [2.24, 2.45) is 0 Å². The van der Waals surface area contributed by atoms with E-state index in [9.17, 15) is 0 Å². The Morgan fingerprint density at radius 3 is 2.41 bits per heavy atom. The Morgan fingerprint density at radius 2 is 1.73 bits per heavy atom. The summed E-state index contributed by atoms with van der Waals surface area (Å²) in [4.78, 5) is 8.60. The SMILES string of the molecule is COc1ccc2c(Nc3ccc(Cl)cc3)ncnc2c1OC. The van der Waals surface area contributed by atoms with Gasteiger partial charge in [0.2, 0.25) is 0 Å². The number of halogens is 1. The van der Waals surface area contributed by atoms with E-state index in [-0.39, 0.29) is 0 Å². The molecule has 6 heteroatoms. The fraction of sp³-hybridized carbons (Fsp3) is 0.125. The Morgan fingerprint density at radius 1 is 0.955 bits per heavy atom. The average Bonchev–Trinajstić information content (AvgIpc) is 2.56. The average molecular weight is 316 g/mol. The first-order valence-electron chi connectivity index (χ1n) is 6.61. The highest BCUT2D eigenvalue weighted by Gasteiger charge is 2.13. The van der Waals surface area contributed by atoms with Gasteiger partial charge in [0.05, 0.1) is 14.2 Å². The van der Waals surface area contributed by atoms with Gasteiger partial charge < -0.3 is 14.8 Å². The van der Waals surface area contributed by atoms with E-state index in [4.69, 9.17) is 21.1 Å². The Labute approximate surface area is 132 Å². The molecule has 112 valence electrons. The minimum absolute atomic E-state index is 0.585. The van der Waals surface area contributed by atoms with Crippen LogP contribution in [0.4, 0.5) is 11.5 Å². The number of hydrogen-bond acceptors (Lipinski definition) is 5. The topological polar surface area (TPSA) is 56.3 Å². The molecule has 1 aromatic heterocycles. The third kappa shape index (κ3) is 2.63. The van der Waals surface area contributed by atoms with Crippen molar-refractivity contribution in [1.29, 1.82) is 0 Å². The number of methoxy groups -OCH3 is 2. The van der Waals surface area contributed by atoms with Gasteiger partial charge in [0.15, 0.2) is 11.5 Å². The van der Waals surface area contributed by atoms with E-state index < -0.39 is 0 Å². The van der Waals surface area contributed by atoms with Gasteiger partial charge in [-0.15, -0.1) is 0 Å². The molecule has 0 atom stereocenters. The van der Waals surface area contributed by atoms with E-state index >= 15 is 0 Å². The molecule has 0 aliphatic carbocycles. The predicted molar refractivity (Wildman–Crippen MR) is 87.4 cm³/mol. The highest BCUT2D eigenvalue weighted by atomic mass is 35.5. The van der Waals surface area contributed by atoms with Crippen LogP contribution in [0.3, 0.4) is 0 Å². The molecule has 3 rings (SSSR count). The van der Waals surface area contributed by atoms with Crippen LogP contribution in [-0.2, 0) is 0 Å². The Bertz CT molecular complexity index is 806. The number of benzene rings is 2. The fourth-order valence-electron chi connectivity index (χ4n) is 2.21. The quantitative estimate of drug-likeness (QED) is 0.787. The molecule has 1 N–H and O–H groups in total. The molecule has 0 fully saturated rings. The molecule has 0 saturated heterocycles. The lowest BCUT2D eigenvalue weighted by Gasteiger charge is -2.12. The summed E-state index contributed by atoms with van der Waals surface area (Å²) >= 11 is 5.90. The highest BCUT2D eigenvalue weighted by Crippen LogP contribution is 2.36. The van der Waals surface area contributed by atoms with Crippen LogP contribution in [0.1, 0.15) is 0 Å². The van der Waals surface area contributed by atoms with Crippen LogP contribution in [0.5, 0.6) is 11.5 Å². The largest absolute Gasteiger partial charge is 0.493 e. The van der Waals surface area contributed by atoms with Crippen molar-refractivity contribution in [2.45, 2.75) is 0 Å². The summed E-state index contributed by atoms with van der Waals surface area (Å²) in [5.74, 6) is 1.90. The summed E-state index contributed by atoms with van der Waals surface area (Å²) in [6.45, 7) is 0. The van der Waals surface area contributed by atoms with E-state index in [0.717, 1.165) is 11.1 Å². The summed E-state index contributed by atoms with van der Waals surface area (Å²) in [5.41, 5.74) is 1.58. The van der Waals surface area contributed by atoms with Crippen LogP contribution in [0.15, 0.2) is 42.7 Å². The van der Waals surface area contributed by atoms with Gasteiger partial charge in [-0.05, 0) is 36.4 Å². The second kappa shape index (κ2) is 6.07. The minimum atomic E-state index is 0.585. The van der Waals surface area contributed by atoms with E-state index in [1.54, 1.807) is 14.2 Å². The van der Waals surface area contributed by atoms with Gasteiger partial charge in [0, 0.05) is 16.1 Å². The second-order valence-corrected chi connectivity index (χ2v) is 4.99. The fourth-order valence-corrected chi connectivity index (χ4v) is 2.34. The van der Waals surface area contributed by atoms with Gasteiger partial charge in [0.1, 0.15) is 17.7 Å². The first-order chi connectivity index (χ1) is 10.7. The van der Waals surface area contributed by atoms with E-state index in [2.05, 4.69) is 15.3 Å². The van der Waals surface area contributed by atoms with Crippen molar-refractivity contribution in [3.63, 3.8) is 0 Å². The van der Waals surface area contributed by atoms with Gasteiger partial charge in [-0.3, -0.25) is 0 Å². The molecule has 22 heavy (non-hydrogen) atoms. The molecule has 0 amide bonds. The Kier molecular flexibility index (Phi) is 3.98. The first-order valence-corrected chi connectivity index (χ1v) is 6.99. The van der Waals surface area contributed by atoms with Crippen molar-refractivity contribution in [1.82, 2.24) is 9.97 Å². The third-order valence-electron chi connectivity index (χ3n) is 3.26. The molecule has 0 unspecified atom stereocenters. The van der Waals surface area contributed by atoms with Crippen LogP contribution >= 0.6 is 11.6 Å². The zero-order valence-electron chi connectivity index (χ0n) is 12.1. The maximum Gasteiger partial charge on any atom is 0.187 e. The number of nitrogens with one attached hydrogen (secondary N) is 1. The third-order valence-corrected chi connectivity index (χ3v) is 3.51. The van der Waals surface area contributed by atoms with Crippen LogP contribution in [0, 0.1) is 0 Å². The van der Waals surface area contributed by atoms with Gasteiger partial charge in [-0.1, -0.05) is 11.6 Å². The zero-order chi connectivity index (χ0) is 15.5. The van der Waals surface area contributed by atoms with Crippen LogP contribution in [-0.4, -0.2) is 24.2 Å². The minimum Gasteiger partial charge on any atom is -0.493 e. The summed E-state index contributed by atoms with van der Waals surface area (Å²) < 4.78 is 10.7. The molecule has 5 nitrogen and oxygen atoms in total. The molecule has 2 aromatic carbocycles. The van der Waals surface area contributed by atoms with Gasteiger partial charge in [-0.25, -0.2) is 9.97 Å². The molecular weight excluding hydrogens is 302 g/mol. The maximum absolute atomic E-state index is 5.90. The number of anilines is 2. The number of hydrogen-bond donors (Lipinski definition) is 1. The highest BCUT2D eigenvalue weighted by molar-refractivity contribution is 6.30. The lowest BCUT2D eigenvalue weighted by molar-refractivity contribution is 0.358. The molecular formula is C16H14ClN3O2. The van der Waals surface area contributed by atoms with Gasteiger partial charge in [-0.2, -0.15) is 0 Å². The molecule has 3 aromatic rings. The molecule has 0 saturated carbocycles. The molecule has 0 spiro atoms. The van der Waals surface area contributed by atoms with Crippen LogP contribution in [0.25, 0.3) is 10.9 Å². The van der Waals surface area contributed by atoms with E-state index in [1.807, 2.05) is 36.4 Å². The monoisotopic (exact) mass is 315 g/mol. The second-order valence-electron chi connectivity index (χ2n) is 4.55. The normalized spacial score (nSPS) is 10.5. The molecule has 1 heterocycles. The lowest BCUT2D eigenvalue weighted by atomic mass is 10.2. The number of ether oxygens (including phenoxy) is 2. The van der Waals surface area contributed by atoms with Crippen LogP contribution < -0.4 is 14.8 Å².